The zero-order chi connectivity index (χ0) is 7.90. The van der Waals surface area contributed by atoms with Gasteiger partial charge in [-0.15, -0.1) is 0 Å². The van der Waals surface area contributed by atoms with Crippen LogP contribution in [-0.4, -0.2) is 25.2 Å². The van der Waals surface area contributed by atoms with Crippen molar-refractivity contribution in [3.63, 3.8) is 0 Å². The normalized spacial score (nSPS) is 33.5. The van der Waals surface area contributed by atoms with E-state index in [9.17, 15) is 0 Å². The Morgan fingerprint density at radius 1 is 1.45 bits per heavy atom. The molecule has 0 aromatic heterocycles. The van der Waals surface area contributed by atoms with E-state index in [-0.39, 0.29) is 0 Å². The fourth-order valence-corrected chi connectivity index (χ4v) is 2.13. The van der Waals surface area contributed by atoms with E-state index in [0.717, 1.165) is 6.04 Å². The summed E-state index contributed by atoms with van der Waals surface area (Å²) in [7, 11) is 0. The molecule has 2 rings (SSSR count). The summed E-state index contributed by atoms with van der Waals surface area (Å²) in [6.45, 7) is 6.89. The molecule has 0 amide bonds. The van der Waals surface area contributed by atoms with Crippen molar-refractivity contribution in [2.75, 3.05) is 13.1 Å². The van der Waals surface area contributed by atoms with E-state index in [1.165, 1.54) is 25.9 Å². The van der Waals surface area contributed by atoms with E-state index in [4.69, 9.17) is 0 Å². The molecule has 1 spiro atoms. The number of hydrogen-bond donors (Lipinski definition) is 2. The summed E-state index contributed by atoms with van der Waals surface area (Å²) in [6.07, 6.45) is 2.87. The van der Waals surface area contributed by atoms with Crippen LogP contribution < -0.4 is 10.6 Å². The monoisotopic (exact) mass is 154 g/mol. The lowest BCUT2D eigenvalue weighted by Crippen LogP contribution is -2.41. The van der Waals surface area contributed by atoms with E-state index in [2.05, 4.69) is 24.5 Å². The SMILES string of the molecule is CC(C)NC1CNCC12CC2. The van der Waals surface area contributed by atoms with Crippen LogP contribution in [0.3, 0.4) is 0 Å². The molecule has 1 unspecified atom stereocenters. The molecule has 1 saturated carbocycles. The Bertz CT molecular complexity index is 150. The van der Waals surface area contributed by atoms with Gasteiger partial charge in [0.15, 0.2) is 0 Å². The van der Waals surface area contributed by atoms with Crippen molar-refractivity contribution in [1.29, 1.82) is 0 Å². The predicted molar refractivity (Wildman–Crippen MR) is 46.6 cm³/mol. The molecule has 2 heteroatoms. The summed E-state index contributed by atoms with van der Waals surface area (Å²) in [4.78, 5) is 0. The smallest absolute Gasteiger partial charge is 0.0263 e. The summed E-state index contributed by atoms with van der Waals surface area (Å²) in [5.74, 6) is 0. The van der Waals surface area contributed by atoms with Gasteiger partial charge in [0.25, 0.3) is 0 Å². The lowest BCUT2D eigenvalue weighted by molar-refractivity contribution is 0.381. The van der Waals surface area contributed by atoms with Crippen LogP contribution in [0.4, 0.5) is 0 Å². The van der Waals surface area contributed by atoms with Gasteiger partial charge in [0.2, 0.25) is 0 Å². The Morgan fingerprint density at radius 2 is 2.18 bits per heavy atom. The summed E-state index contributed by atoms with van der Waals surface area (Å²) in [6, 6.07) is 1.39. The Morgan fingerprint density at radius 3 is 2.73 bits per heavy atom. The van der Waals surface area contributed by atoms with Crippen molar-refractivity contribution in [3.8, 4) is 0 Å². The number of nitrogens with one attached hydrogen (secondary N) is 2. The first-order valence-corrected chi connectivity index (χ1v) is 4.70. The van der Waals surface area contributed by atoms with E-state index in [1.54, 1.807) is 0 Å². The van der Waals surface area contributed by atoms with Crippen LogP contribution in [0.15, 0.2) is 0 Å². The minimum absolute atomic E-state index is 0.636. The van der Waals surface area contributed by atoms with Gasteiger partial charge in [-0.05, 0) is 18.3 Å². The minimum atomic E-state index is 0.636. The summed E-state index contributed by atoms with van der Waals surface area (Å²) in [5.41, 5.74) is 0.671. The van der Waals surface area contributed by atoms with Crippen molar-refractivity contribution in [3.05, 3.63) is 0 Å². The first kappa shape index (κ1) is 7.56. The maximum atomic E-state index is 3.63. The van der Waals surface area contributed by atoms with Crippen LogP contribution in [0.5, 0.6) is 0 Å². The zero-order valence-corrected chi connectivity index (χ0v) is 7.48. The highest BCUT2D eigenvalue weighted by Crippen LogP contribution is 2.50. The molecule has 2 aliphatic rings. The van der Waals surface area contributed by atoms with Gasteiger partial charge in [0.05, 0.1) is 0 Å². The fraction of sp³-hybridized carbons (Fsp3) is 1.00. The van der Waals surface area contributed by atoms with Crippen molar-refractivity contribution < 1.29 is 0 Å². The Balaban J connectivity index is 1.92. The van der Waals surface area contributed by atoms with Crippen LogP contribution in [0.2, 0.25) is 0 Å². The van der Waals surface area contributed by atoms with Gasteiger partial charge >= 0.3 is 0 Å². The number of rotatable bonds is 2. The molecule has 0 bridgehead atoms. The zero-order valence-electron chi connectivity index (χ0n) is 7.48. The highest BCUT2D eigenvalue weighted by Gasteiger charge is 2.51. The summed E-state index contributed by atoms with van der Waals surface area (Å²) in [5, 5.41) is 7.10. The molecule has 1 saturated heterocycles. The van der Waals surface area contributed by atoms with Crippen molar-refractivity contribution in [2.24, 2.45) is 5.41 Å². The van der Waals surface area contributed by atoms with Gasteiger partial charge in [0, 0.05) is 25.2 Å². The second kappa shape index (κ2) is 2.46. The minimum Gasteiger partial charge on any atom is -0.315 e. The van der Waals surface area contributed by atoms with Gasteiger partial charge in [-0.1, -0.05) is 13.8 Å². The van der Waals surface area contributed by atoms with Gasteiger partial charge in [-0.25, -0.2) is 0 Å². The topological polar surface area (TPSA) is 24.1 Å². The molecule has 1 aliphatic heterocycles. The van der Waals surface area contributed by atoms with Gasteiger partial charge in [0.1, 0.15) is 0 Å². The van der Waals surface area contributed by atoms with Crippen molar-refractivity contribution >= 4 is 0 Å². The maximum absolute atomic E-state index is 3.63. The Labute approximate surface area is 68.7 Å². The quantitative estimate of drug-likeness (QED) is 0.613. The Hall–Kier alpha value is -0.0800. The van der Waals surface area contributed by atoms with Crippen LogP contribution in [0.1, 0.15) is 26.7 Å². The molecule has 2 N–H and O–H groups in total. The fourth-order valence-electron chi connectivity index (χ4n) is 2.13. The molecule has 0 aromatic carbocycles. The average Bonchev–Trinajstić information content (AvgIpc) is 2.56. The second-order valence-electron chi connectivity index (χ2n) is 4.37. The largest absolute Gasteiger partial charge is 0.315 e. The van der Waals surface area contributed by atoms with Crippen LogP contribution in [0.25, 0.3) is 0 Å². The van der Waals surface area contributed by atoms with E-state index in [0.29, 0.717) is 11.5 Å². The molecule has 0 aromatic rings. The molecule has 1 heterocycles. The van der Waals surface area contributed by atoms with Crippen molar-refractivity contribution in [2.45, 2.75) is 38.8 Å². The third kappa shape index (κ3) is 1.30. The van der Waals surface area contributed by atoms with E-state index < -0.39 is 0 Å². The highest BCUT2D eigenvalue weighted by molar-refractivity contribution is 5.08. The van der Waals surface area contributed by atoms with Gasteiger partial charge in [-0.2, -0.15) is 0 Å². The summed E-state index contributed by atoms with van der Waals surface area (Å²) >= 11 is 0. The first-order chi connectivity index (χ1) is 5.23. The third-order valence-electron chi connectivity index (χ3n) is 2.99. The highest BCUT2D eigenvalue weighted by atomic mass is 15.1. The molecule has 64 valence electrons. The van der Waals surface area contributed by atoms with Gasteiger partial charge < -0.3 is 10.6 Å². The molecule has 0 radical (unpaired) electrons. The third-order valence-corrected chi connectivity index (χ3v) is 2.99. The molecule has 1 atom stereocenters. The van der Waals surface area contributed by atoms with Crippen LogP contribution >= 0.6 is 0 Å². The molecule has 1 aliphatic carbocycles. The standard InChI is InChI=1S/C9H18N2/c1-7(2)11-8-5-10-6-9(8)3-4-9/h7-8,10-11H,3-6H2,1-2H3. The molecule has 2 fully saturated rings. The maximum Gasteiger partial charge on any atom is 0.0263 e. The second-order valence-corrected chi connectivity index (χ2v) is 4.37. The van der Waals surface area contributed by atoms with Gasteiger partial charge in [-0.3, -0.25) is 0 Å². The van der Waals surface area contributed by atoms with Crippen LogP contribution in [0, 0.1) is 5.41 Å². The molecular formula is C9H18N2. The van der Waals surface area contributed by atoms with Crippen LogP contribution in [-0.2, 0) is 0 Å². The lowest BCUT2D eigenvalue weighted by atomic mass is 10.0. The lowest BCUT2D eigenvalue weighted by Gasteiger charge is -2.21. The number of hydrogen-bond acceptors (Lipinski definition) is 2. The predicted octanol–water partition coefficient (Wildman–Crippen LogP) is 0.736. The first-order valence-electron chi connectivity index (χ1n) is 4.70. The molecule has 11 heavy (non-hydrogen) atoms. The summed E-state index contributed by atoms with van der Waals surface area (Å²) < 4.78 is 0. The Kier molecular flexibility index (Phi) is 1.69. The molecule has 2 nitrogen and oxygen atoms in total. The van der Waals surface area contributed by atoms with E-state index in [1.807, 2.05) is 0 Å². The molecular weight excluding hydrogens is 136 g/mol. The van der Waals surface area contributed by atoms with Crippen molar-refractivity contribution in [1.82, 2.24) is 10.6 Å². The average molecular weight is 154 g/mol. The van der Waals surface area contributed by atoms with E-state index >= 15 is 0 Å².